The molecule has 1 spiro atoms. The summed E-state index contributed by atoms with van der Waals surface area (Å²) in [5, 5.41) is 5.52. The largest absolute Gasteiger partial charge is 0.464 e. The summed E-state index contributed by atoms with van der Waals surface area (Å²) in [5.41, 5.74) is 10.3. The molecule has 3 atom stereocenters. The van der Waals surface area contributed by atoms with Gasteiger partial charge in [0.15, 0.2) is 0 Å². The van der Waals surface area contributed by atoms with Crippen molar-refractivity contribution >= 4 is 40.5 Å². The lowest BCUT2D eigenvalue weighted by Crippen LogP contribution is -2.62. The van der Waals surface area contributed by atoms with Crippen molar-refractivity contribution < 1.29 is 33.4 Å². The summed E-state index contributed by atoms with van der Waals surface area (Å²) in [5.74, 6) is 3.19. The molecule has 2 N–H and O–H groups in total. The van der Waals surface area contributed by atoms with Crippen LogP contribution in [0.15, 0.2) is 72.1 Å². The summed E-state index contributed by atoms with van der Waals surface area (Å²) in [6, 6.07) is 16.6. The summed E-state index contributed by atoms with van der Waals surface area (Å²) in [6.45, 7) is 12.5. The van der Waals surface area contributed by atoms with Crippen LogP contribution in [0.1, 0.15) is 83.7 Å². The fourth-order valence-electron chi connectivity index (χ4n) is 9.98. The highest BCUT2D eigenvalue weighted by Crippen LogP contribution is 2.43. The van der Waals surface area contributed by atoms with Gasteiger partial charge in [-0.2, -0.15) is 0 Å². The number of carbonyl (C=O) groups is 5. The Morgan fingerprint density at radius 2 is 1.80 bits per heavy atom. The monoisotopic (exact) mass is 881 g/mol. The number of likely N-dealkylation sites (tertiary alicyclic amines) is 2. The van der Waals surface area contributed by atoms with E-state index in [1.165, 1.54) is 9.91 Å². The van der Waals surface area contributed by atoms with Crippen LogP contribution in [0.4, 0.5) is 0 Å². The number of pyridine rings is 1. The number of carbonyl (C=O) groups excluding carboxylic acids is 5. The van der Waals surface area contributed by atoms with Crippen molar-refractivity contribution in [1.82, 2.24) is 35.1 Å². The van der Waals surface area contributed by atoms with E-state index < -0.39 is 40.7 Å². The van der Waals surface area contributed by atoms with Crippen LogP contribution in [0.2, 0.25) is 0 Å². The Labute approximate surface area is 380 Å². The van der Waals surface area contributed by atoms with E-state index in [0.29, 0.717) is 44.3 Å². The zero-order valence-corrected chi connectivity index (χ0v) is 38.7. The first-order valence-corrected chi connectivity index (χ1v) is 22.5. The maximum Gasteiger partial charge on any atom is 0.324 e. The number of esters is 1. The lowest BCUT2D eigenvalue weighted by atomic mass is 9.78. The number of ether oxygens (including phenoxy) is 2. The molecule has 65 heavy (non-hydrogen) atoms. The smallest absolute Gasteiger partial charge is 0.324 e. The van der Waals surface area contributed by atoms with Crippen molar-refractivity contribution in [3.8, 4) is 34.2 Å². The first-order valence-electron chi connectivity index (χ1n) is 22.5. The van der Waals surface area contributed by atoms with E-state index in [-0.39, 0.29) is 49.7 Å². The molecule has 4 aliphatic heterocycles. The van der Waals surface area contributed by atoms with E-state index >= 15 is 0 Å². The Bertz CT molecular complexity index is 2680. The number of hydrogen-bond donors (Lipinski definition) is 2. The number of nitrogens with zero attached hydrogens (tertiary/aromatic N) is 5. The molecule has 8 rings (SSSR count). The van der Waals surface area contributed by atoms with Crippen LogP contribution >= 0.6 is 0 Å². The van der Waals surface area contributed by atoms with Crippen molar-refractivity contribution in [2.45, 2.75) is 91.8 Å². The second kappa shape index (κ2) is 17.9. The minimum Gasteiger partial charge on any atom is -0.464 e. The van der Waals surface area contributed by atoms with Gasteiger partial charge in [0.1, 0.15) is 17.8 Å². The predicted molar refractivity (Wildman–Crippen MR) is 246 cm³/mol. The molecule has 4 amide bonds. The highest BCUT2D eigenvalue weighted by atomic mass is 16.5. The summed E-state index contributed by atoms with van der Waals surface area (Å²) in [7, 11) is 3.75. The number of amides is 4. The Balaban J connectivity index is 1.17. The van der Waals surface area contributed by atoms with Gasteiger partial charge in [-0.1, -0.05) is 50.1 Å². The van der Waals surface area contributed by atoms with Gasteiger partial charge in [-0.05, 0) is 111 Å². The molecule has 0 aliphatic carbocycles. The zero-order valence-electron chi connectivity index (χ0n) is 38.7. The van der Waals surface area contributed by atoms with Gasteiger partial charge in [-0.3, -0.25) is 34.0 Å². The summed E-state index contributed by atoms with van der Waals surface area (Å²) in [6.07, 6.45) is 3.73. The van der Waals surface area contributed by atoms with Crippen LogP contribution in [-0.4, -0.2) is 106 Å². The van der Waals surface area contributed by atoms with Gasteiger partial charge in [0.05, 0.1) is 29.5 Å². The predicted octanol–water partition coefficient (Wildman–Crippen LogP) is 5.64. The third-order valence-electron chi connectivity index (χ3n) is 13.4. The second-order valence-corrected chi connectivity index (χ2v) is 19.0. The van der Waals surface area contributed by atoms with Crippen LogP contribution in [0.3, 0.4) is 0 Å². The molecular formula is C51H59N7O7. The number of methoxy groups -OCH3 is 1. The average Bonchev–Trinajstić information content (AvgIpc) is 3.75. The van der Waals surface area contributed by atoms with Crippen molar-refractivity contribution in [1.29, 1.82) is 0 Å². The summed E-state index contributed by atoms with van der Waals surface area (Å²) >= 11 is 0. The Kier molecular flexibility index (Phi) is 12.5. The average molecular weight is 882 g/mol. The minimum atomic E-state index is -1.07. The molecular weight excluding hydrogens is 823 g/mol. The summed E-state index contributed by atoms with van der Waals surface area (Å²) < 4.78 is 14.1. The topological polar surface area (TPSA) is 155 Å². The highest BCUT2D eigenvalue weighted by molar-refractivity contribution is 6.03. The molecule has 0 unspecified atom stereocenters. The fraction of sp³-hybridized carbons (Fsp3) is 0.451. The van der Waals surface area contributed by atoms with E-state index in [1.54, 1.807) is 39.0 Å². The lowest BCUT2D eigenvalue weighted by Gasteiger charge is -2.45. The molecule has 3 fully saturated rings. The van der Waals surface area contributed by atoms with Gasteiger partial charge < -0.3 is 29.2 Å². The Hall–Kier alpha value is -6.30. The third-order valence-corrected chi connectivity index (χ3v) is 13.4. The minimum absolute atomic E-state index is 0.131. The third kappa shape index (κ3) is 8.67. The van der Waals surface area contributed by atoms with Crippen LogP contribution in [0, 0.1) is 22.7 Å². The molecule has 0 saturated carbocycles. The number of cyclic esters (lactones) is 1. The van der Waals surface area contributed by atoms with E-state index in [0.717, 1.165) is 50.1 Å². The van der Waals surface area contributed by atoms with Crippen molar-refractivity contribution in [2.75, 3.05) is 39.9 Å². The first-order chi connectivity index (χ1) is 31.0. The molecule has 14 nitrogen and oxygen atoms in total. The lowest BCUT2D eigenvalue weighted by molar-refractivity contribution is -0.155. The number of nitrogens with one attached hydrogen (secondary N) is 2. The van der Waals surface area contributed by atoms with Crippen LogP contribution < -0.4 is 10.7 Å². The van der Waals surface area contributed by atoms with Gasteiger partial charge in [0, 0.05) is 74.8 Å². The first kappa shape index (κ1) is 45.3. The van der Waals surface area contributed by atoms with Gasteiger partial charge in [-0.15, -0.1) is 0 Å². The standard InChI is InChI=1S/C51H59N7O7/c1-9-13-42(59)56-28-51(29-56)20-23-57(49(51)63)44(31(2)3)46(60)53-40-25-33-14-10-15-34(24-33)35-18-19-41-37(26-35)38(45(55(41)7)36-16-11-21-52-43(36)32(4)64-8)27-50(5,6)30-65-48(62)39-17-12-22-58(54-39)47(40)61/h10-11,14-16,18-19,21,24,26,32,39-40,54H,12,17,20,22-23,25,27-30H2,1-8H3,(H,53,60)/t32-,39-,40-/m0/s1. The zero-order chi connectivity index (χ0) is 46.4. The maximum atomic E-state index is 14.7. The van der Waals surface area contributed by atoms with Gasteiger partial charge in [0.25, 0.3) is 17.7 Å². The quantitative estimate of drug-likeness (QED) is 0.142. The van der Waals surface area contributed by atoms with Crippen molar-refractivity contribution in [2.24, 2.45) is 17.9 Å². The Morgan fingerprint density at radius 1 is 1.03 bits per heavy atom. The van der Waals surface area contributed by atoms with Gasteiger partial charge >= 0.3 is 5.97 Å². The number of rotatable bonds is 6. The molecule has 3 saturated heterocycles. The van der Waals surface area contributed by atoms with Crippen LogP contribution in [0.25, 0.3) is 33.3 Å². The number of benzene rings is 2. The normalized spacial score (nSPS) is 20.9. The van der Waals surface area contributed by atoms with E-state index in [4.69, 9.17) is 14.5 Å². The molecule has 340 valence electrons. The molecule has 2 aromatic carbocycles. The molecule has 0 radical (unpaired) electrons. The van der Waals surface area contributed by atoms with E-state index in [9.17, 15) is 24.0 Å². The molecule has 4 aliphatic rings. The second-order valence-electron chi connectivity index (χ2n) is 19.0. The van der Waals surface area contributed by atoms with Crippen LogP contribution in [-0.2, 0) is 53.3 Å². The maximum absolute atomic E-state index is 14.7. The SMILES string of the molecule is CC#CC(=O)N1CC2(CCN(C(C(=O)N[C@H]3Cc4cccc(c4)-c4ccc5c(c4)c(c(-c4cccnc4[C@H](C)OC)n5C)CC(C)(C)COC(=O)[C@@H]4CCCN(N4)C3=O)=C(C)C)C2=O)C1. The highest BCUT2D eigenvalue weighted by Gasteiger charge is 2.57. The van der Waals surface area contributed by atoms with E-state index in [2.05, 4.69) is 78.4 Å². The molecule has 4 aromatic rings. The number of aromatic nitrogens is 2. The van der Waals surface area contributed by atoms with Crippen molar-refractivity contribution in [3.05, 3.63) is 88.9 Å². The number of fused-ring (bicyclic) bond motifs is 6. The fourth-order valence-corrected chi connectivity index (χ4v) is 9.98. The number of hydrazine groups is 1. The van der Waals surface area contributed by atoms with E-state index in [1.807, 2.05) is 31.2 Å². The van der Waals surface area contributed by atoms with Crippen molar-refractivity contribution in [3.63, 3.8) is 0 Å². The Morgan fingerprint density at radius 3 is 2.54 bits per heavy atom. The number of aryl methyl sites for hydroxylation is 1. The van der Waals surface area contributed by atoms with Gasteiger partial charge in [0.2, 0.25) is 5.91 Å². The number of allylic oxidation sites excluding steroid dienone is 1. The summed E-state index contributed by atoms with van der Waals surface area (Å²) in [4.78, 5) is 77.5. The van der Waals surface area contributed by atoms with Gasteiger partial charge in [-0.25, -0.2) is 5.43 Å². The van der Waals surface area contributed by atoms with Crippen LogP contribution in [0.5, 0.6) is 0 Å². The molecule has 2 aromatic heterocycles. The molecule has 14 heteroatoms. The number of hydrogen-bond acceptors (Lipinski definition) is 9. The molecule has 6 heterocycles. The molecule has 6 bridgehead atoms.